The van der Waals surface area contributed by atoms with Crippen molar-refractivity contribution in [3.63, 3.8) is 0 Å². The third kappa shape index (κ3) is 1.84. The van der Waals surface area contributed by atoms with Crippen LogP contribution in [0.3, 0.4) is 0 Å². The third-order valence-corrected chi connectivity index (χ3v) is 2.50. The van der Waals surface area contributed by atoms with E-state index in [0.29, 0.717) is 12.5 Å². The number of nitrogens with two attached hydrogens (primary N) is 1. The molecule has 0 bridgehead atoms. The maximum atomic E-state index is 5.71. The van der Waals surface area contributed by atoms with Crippen molar-refractivity contribution in [3.05, 3.63) is 42.1 Å². The average molecular weight is 216 g/mol. The Bertz CT molecular complexity index is 473. The standard InChI is InChI=1S/C12H16N4/c1-9(2)11-15-6-7-16(11)12-10(8-13)4-3-5-14-12/h3-7,9H,8,13H2,1-2H3. The highest BCUT2D eigenvalue weighted by molar-refractivity contribution is 5.35. The van der Waals surface area contributed by atoms with Crippen LogP contribution in [0.5, 0.6) is 0 Å². The summed E-state index contributed by atoms with van der Waals surface area (Å²) in [6.45, 7) is 4.71. The predicted molar refractivity (Wildman–Crippen MR) is 63.3 cm³/mol. The average Bonchev–Trinajstić information content (AvgIpc) is 2.77. The smallest absolute Gasteiger partial charge is 0.142 e. The Labute approximate surface area is 95.1 Å². The number of imidazole rings is 1. The van der Waals surface area contributed by atoms with Gasteiger partial charge < -0.3 is 5.73 Å². The maximum Gasteiger partial charge on any atom is 0.142 e. The van der Waals surface area contributed by atoms with Crippen molar-refractivity contribution in [1.82, 2.24) is 14.5 Å². The molecule has 0 spiro atoms. The summed E-state index contributed by atoms with van der Waals surface area (Å²) in [7, 11) is 0. The molecule has 0 aliphatic rings. The number of hydrogen-bond donors (Lipinski definition) is 1. The zero-order valence-electron chi connectivity index (χ0n) is 9.59. The highest BCUT2D eigenvalue weighted by atomic mass is 15.1. The molecule has 2 aromatic heterocycles. The van der Waals surface area contributed by atoms with Crippen LogP contribution in [0, 0.1) is 0 Å². The SMILES string of the molecule is CC(C)c1nccn1-c1ncccc1CN. The predicted octanol–water partition coefficient (Wildman–Crippen LogP) is 1.85. The van der Waals surface area contributed by atoms with Crippen LogP contribution in [0.1, 0.15) is 31.2 Å². The first-order valence-corrected chi connectivity index (χ1v) is 5.41. The lowest BCUT2D eigenvalue weighted by molar-refractivity contribution is 0.738. The van der Waals surface area contributed by atoms with Gasteiger partial charge in [-0.05, 0) is 6.07 Å². The molecule has 0 aliphatic heterocycles. The van der Waals surface area contributed by atoms with Crippen molar-refractivity contribution < 1.29 is 0 Å². The summed E-state index contributed by atoms with van der Waals surface area (Å²) < 4.78 is 2.01. The van der Waals surface area contributed by atoms with Gasteiger partial charge in [0.2, 0.25) is 0 Å². The Morgan fingerprint density at radius 2 is 2.12 bits per heavy atom. The van der Waals surface area contributed by atoms with Gasteiger partial charge in [-0.2, -0.15) is 0 Å². The summed E-state index contributed by atoms with van der Waals surface area (Å²) in [5.41, 5.74) is 6.74. The Hall–Kier alpha value is -1.68. The maximum absolute atomic E-state index is 5.71. The minimum atomic E-state index is 0.364. The Balaban J connectivity index is 2.54. The lowest BCUT2D eigenvalue weighted by Crippen LogP contribution is -2.09. The van der Waals surface area contributed by atoms with Gasteiger partial charge in [0.1, 0.15) is 11.6 Å². The van der Waals surface area contributed by atoms with E-state index in [1.54, 1.807) is 12.4 Å². The molecule has 0 saturated carbocycles. The van der Waals surface area contributed by atoms with E-state index in [0.717, 1.165) is 17.2 Å². The Kier molecular flexibility index (Phi) is 3.01. The summed E-state index contributed by atoms with van der Waals surface area (Å²) in [5, 5.41) is 0. The van der Waals surface area contributed by atoms with Gasteiger partial charge in [0.05, 0.1) is 0 Å². The number of nitrogens with zero attached hydrogens (tertiary/aromatic N) is 3. The van der Waals surface area contributed by atoms with Crippen LogP contribution in [-0.4, -0.2) is 14.5 Å². The second kappa shape index (κ2) is 4.45. The molecule has 0 amide bonds. The first-order chi connectivity index (χ1) is 7.74. The van der Waals surface area contributed by atoms with Crippen molar-refractivity contribution in [2.45, 2.75) is 26.3 Å². The van der Waals surface area contributed by atoms with E-state index < -0.39 is 0 Å². The summed E-state index contributed by atoms with van der Waals surface area (Å²) in [6.07, 6.45) is 5.50. The molecular formula is C12H16N4. The molecule has 2 aromatic rings. The fourth-order valence-corrected chi connectivity index (χ4v) is 1.73. The van der Waals surface area contributed by atoms with Crippen LogP contribution in [0.4, 0.5) is 0 Å². The molecule has 0 saturated heterocycles. The molecule has 0 atom stereocenters. The highest BCUT2D eigenvalue weighted by Gasteiger charge is 2.11. The molecule has 4 heteroatoms. The van der Waals surface area contributed by atoms with Crippen LogP contribution in [-0.2, 0) is 6.54 Å². The first kappa shape index (κ1) is 10.8. The minimum absolute atomic E-state index is 0.364. The molecule has 0 fully saturated rings. The molecule has 2 rings (SSSR count). The van der Waals surface area contributed by atoms with Crippen LogP contribution in [0.25, 0.3) is 5.82 Å². The van der Waals surface area contributed by atoms with Gasteiger partial charge in [-0.15, -0.1) is 0 Å². The van der Waals surface area contributed by atoms with E-state index in [4.69, 9.17) is 5.73 Å². The van der Waals surface area contributed by atoms with Gasteiger partial charge in [0.25, 0.3) is 0 Å². The van der Waals surface area contributed by atoms with Crippen molar-refractivity contribution in [2.24, 2.45) is 5.73 Å². The summed E-state index contributed by atoms with van der Waals surface area (Å²) in [5.74, 6) is 2.25. The Morgan fingerprint density at radius 1 is 1.31 bits per heavy atom. The van der Waals surface area contributed by atoms with E-state index >= 15 is 0 Å². The van der Waals surface area contributed by atoms with Gasteiger partial charge in [-0.3, -0.25) is 4.57 Å². The number of pyridine rings is 1. The van der Waals surface area contributed by atoms with Crippen molar-refractivity contribution in [3.8, 4) is 5.82 Å². The molecular weight excluding hydrogens is 200 g/mol. The monoisotopic (exact) mass is 216 g/mol. The lowest BCUT2D eigenvalue weighted by Gasteiger charge is -2.12. The topological polar surface area (TPSA) is 56.7 Å². The van der Waals surface area contributed by atoms with Gasteiger partial charge in [0, 0.05) is 36.6 Å². The lowest BCUT2D eigenvalue weighted by atomic mass is 10.2. The molecule has 2 heterocycles. The minimum Gasteiger partial charge on any atom is -0.326 e. The fourth-order valence-electron chi connectivity index (χ4n) is 1.73. The molecule has 16 heavy (non-hydrogen) atoms. The van der Waals surface area contributed by atoms with Crippen molar-refractivity contribution in [1.29, 1.82) is 0 Å². The van der Waals surface area contributed by atoms with Crippen LogP contribution >= 0.6 is 0 Å². The van der Waals surface area contributed by atoms with Gasteiger partial charge >= 0.3 is 0 Å². The zero-order chi connectivity index (χ0) is 11.5. The van der Waals surface area contributed by atoms with Gasteiger partial charge in [-0.1, -0.05) is 19.9 Å². The van der Waals surface area contributed by atoms with Gasteiger partial charge in [0.15, 0.2) is 0 Å². The van der Waals surface area contributed by atoms with Crippen LogP contribution in [0.15, 0.2) is 30.7 Å². The van der Waals surface area contributed by atoms with Crippen LogP contribution in [0.2, 0.25) is 0 Å². The van der Waals surface area contributed by atoms with E-state index in [1.807, 2.05) is 22.9 Å². The quantitative estimate of drug-likeness (QED) is 0.851. The third-order valence-electron chi connectivity index (χ3n) is 2.50. The highest BCUT2D eigenvalue weighted by Crippen LogP contribution is 2.18. The summed E-state index contributed by atoms with van der Waals surface area (Å²) >= 11 is 0. The normalized spacial score (nSPS) is 11.0. The van der Waals surface area contributed by atoms with Crippen molar-refractivity contribution in [2.75, 3.05) is 0 Å². The van der Waals surface area contributed by atoms with Crippen molar-refractivity contribution >= 4 is 0 Å². The zero-order valence-corrected chi connectivity index (χ0v) is 9.59. The second-order valence-corrected chi connectivity index (χ2v) is 4.00. The molecule has 84 valence electrons. The second-order valence-electron chi connectivity index (χ2n) is 4.00. The van der Waals surface area contributed by atoms with Crippen LogP contribution < -0.4 is 5.73 Å². The molecule has 2 N–H and O–H groups in total. The molecule has 0 aliphatic carbocycles. The first-order valence-electron chi connectivity index (χ1n) is 5.41. The summed E-state index contributed by atoms with van der Waals surface area (Å²) in [6, 6.07) is 3.89. The largest absolute Gasteiger partial charge is 0.326 e. The fraction of sp³-hybridized carbons (Fsp3) is 0.333. The molecule has 0 radical (unpaired) electrons. The molecule has 0 aromatic carbocycles. The number of rotatable bonds is 3. The van der Waals surface area contributed by atoms with E-state index in [1.165, 1.54) is 0 Å². The van der Waals surface area contributed by atoms with E-state index in [2.05, 4.69) is 23.8 Å². The van der Waals surface area contributed by atoms with E-state index in [-0.39, 0.29) is 0 Å². The van der Waals surface area contributed by atoms with Gasteiger partial charge in [-0.25, -0.2) is 9.97 Å². The molecule has 0 unspecified atom stereocenters. The number of aromatic nitrogens is 3. The van der Waals surface area contributed by atoms with E-state index in [9.17, 15) is 0 Å². The number of hydrogen-bond acceptors (Lipinski definition) is 3. The Morgan fingerprint density at radius 3 is 2.81 bits per heavy atom. The summed E-state index contributed by atoms with van der Waals surface area (Å²) in [4.78, 5) is 8.73. The molecule has 4 nitrogen and oxygen atoms in total.